The Bertz CT molecular complexity index is 907. The van der Waals surface area contributed by atoms with Crippen molar-refractivity contribution in [2.75, 3.05) is 33.2 Å². The van der Waals surface area contributed by atoms with E-state index in [-0.39, 0.29) is 0 Å². The predicted molar refractivity (Wildman–Crippen MR) is 96.1 cm³/mol. The quantitative estimate of drug-likeness (QED) is 0.659. The van der Waals surface area contributed by atoms with Gasteiger partial charge in [0.1, 0.15) is 11.3 Å². The van der Waals surface area contributed by atoms with Crippen molar-refractivity contribution in [2.45, 2.75) is 26.7 Å². The first-order valence-corrected chi connectivity index (χ1v) is 8.24. The van der Waals surface area contributed by atoms with Crippen LogP contribution in [0.25, 0.3) is 16.7 Å². The molecule has 0 bridgehead atoms. The summed E-state index contributed by atoms with van der Waals surface area (Å²) in [6.07, 6.45) is 2.14. The highest BCUT2D eigenvalue weighted by atomic mass is 16.5. The maximum atomic E-state index is 5.59. The minimum Gasteiger partial charge on any atom is -0.493 e. The van der Waals surface area contributed by atoms with Gasteiger partial charge in [-0.3, -0.25) is 4.40 Å². The van der Waals surface area contributed by atoms with E-state index in [1.807, 2.05) is 17.4 Å². The van der Waals surface area contributed by atoms with Crippen molar-refractivity contribution in [3.63, 3.8) is 0 Å². The third-order valence-electron chi connectivity index (χ3n) is 4.11. The van der Waals surface area contributed by atoms with Gasteiger partial charge in [-0.1, -0.05) is 13.3 Å². The van der Waals surface area contributed by atoms with Crippen LogP contribution in [0, 0.1) is 6.92 Å². The van der Waals surface area contributed by atoms with E-state index in [0.717, 1.165) is 30.7 Å². The van der Waals surface area contributed by atoms with Crippen LogP contribution < -0.4 is 19.5 Å². The molecule has 0 aliphatic carbocycles. The fraction of sp³-hybridized carbons (Fsp3) is 0.471. The summed E-state index contributed by atoms with van der Waals surface area (Å²) in [7, 11) is 4.76. The number of fused-ring (bicyclic) bond motifs is 3. The van der Waals surface area contributed by atoms with Crippen LogP contribution in [0.4, 0.5) is 5.82 Å². The van der Waals surface area contributed by atoms with Gasteiger partial charge >= 0.3 is 0 Å². The number of rotatable bonds is 7. The molecule has 3 rings (SSSR count). The minimum absolute atomic E-state index is 0.509. The van der Waals surface area contributed by atoms with Gasteiger partial charge in [0.15, 0.2) is 17.3 Å². The van der Waals surface area contributed by atoms with E-state index >= 15 is 0 Å². The number of hydrogen-bond acceptors (Lipinski definition) is 7. The van der Waals surface area contributed by atoms with Gasteiger partial charge in [0.2, 0.25) is 11.4 Å². The molecule has 0 radical (unpaired) electrons. The zero-order valence-corrected chi connectivity index (χ0v) is 15.2. The number of aryl methyl sites for hydroxylation is 1. The van der Waals surface area contributed by atoms with Crippen molar-refractivity contribution in [2.24, 2.45) is 0 Å². The van der Waals surface area contributed by atoms with Crippen molar-refractivity contribution in [3.05, 3.63) is 11.9 Å². The number of nitrogens with zero attached hydrogens (tertiary/aromatic N) is 4. The average molecular weight is 345 g/mol. The lowest BCUT2D eigenvalue weighted by molar-refractivity contribution is 0.326. The van der Waals surface area contributed by atoms with Crippen LogP contribution in [-0.2, 0) is 0 Å². The second-order valence-electron chi connectivity index (χ2n) is 5.66. The molecule has 0 fully saturated rings. The van der Waals surface area contributed by atoms with Gasteiger partial charge in [0.05, 0.1) is 26.8 Å². The average Bonchev–Trinajstić information content (AvgIpc) is 3.02. The summed E-state index contributed by atoms with van der Waals surface area (Å²) >= 11 is 0. The first-order valence-electron chi connectivity index (χ1n) is 8.24. The molecule has 1 aromatic carbocycles. The molecule has 2 aromatic heterocycles. The molecular formula is C17H23N5O3. The largest absolute Gasteiger partial charge is 0.493 e. The van der Waals surface area contributed by atoms with Crippen molar-refractivity contribution < 1.29 is 14.2 Å². The van der Waals surface area contributed by atoms with Gasteiger partial charge in [0, 0.05) is 12.6 Å². The lowest BCUT2D eigenvalue weighted by atomic mass is 10.2. The summed E-state index contributed by atoms with van der Waals surface area (Å²) in [6.45, 7) is 4.86. The highest BCUT2D eigenvalue weighted by Crippen LogP contribution is 2.43. The summed E-state index contributed by atoms with van der Waals surface area (Å²) < 4.78 is 18.5. The summed E-state index contributed by atoms with van der Waals surface area (Å²) in [6, 6.07) is 1.86. The predicted octanol–water partition coefficient (Wildman–Crippen LogP) is 2.82. The number of ether oxygens (including phenoxy) is 3. The van der Waals surface area contributed by atoms with Gasteiger partial charge in [-0.15, -0.1) is 10.2 Å². The molecule has 0 spiro atoms. The standard InChI is InChI=1S/C17H23N5O3/c1-6-7-8-18-16-17-21-20-10(2)22(17)11-9-12(23-3)14(24-4)15(25-5)13(11)19-16/h9H,6-8H2,1-5H3,(H,18,19). The fourth-order valence-corrected chi connectivity index (χ4v) is 2.87. The van der Waals surface area contributed by atoms with Crippen molar-refractivity contribution in [1.82, 2.24) is 19.6 Å². The molecule has 0 atom stereocenters. The molecule has 25 heavy (non-hydrogen) atoms. The Labute approximate surface area is 146 Å². The van der Waals surface area contributed by atoms with Gasteiger partial charge in [0.25, 0.3) is 0 Å². The molecule has 8 heteroatoms. The number of unbranched alkanes of at least 4 members (excludes halogenated alkanes) is 1. The maximum absolute atomic E-state index is 5.59. The molecule has 0 amide bonds. The minimum atomic E-state index is 0.509. The number of aromatic nitrogens is 4. The van der Waals surface area contributed by atoms with Crippen LogP contribution in [-0.4, -0.2) is 47.5 Å². The maximum Gasteiger partial charge on any atom is 0.205 e. The lowest BCUT2D eigenvalue weighted by Crippen LogP contribution is -2.08. The number of methoxy groups -OCH3 is 3. The second-order valence-corrected chi connectivity index (χ2v) is 5.66. The van der Waals surface area contributed by atoms with Crippen LogP contribution in [0.1, 0.15) is 25.6 Å². The molecule has 134 valence electrons. The van der Waals surface area contributed by atoms with Crippen molar-refractivity contribution >= 4 is 22.5 Å². The normalized spacial score (nSPS) is 11.1. The van der Waals surface area contributed by atoms with Crippen LogP contribution >= 0.6 is 0 Å². The molecule has 1 N–H and O–H groups in total. The molecule has 0 saturated heterocycles. The van der Waals surface area contributed by atoms with Crippen LogP contribution in [0.15, 0.2) is 6.07 Å². The topological polar surface area (TPSA) is 82.8 Å². The molecule has 2 heterocycles. The third-order valence-corrected chi connectivity index (χ3v) is 4.11. The Hall–Kier alpha value is -2.77. The van der Waals surface area contributed by atoms with E-state index in [9.17, 15) is 0 Å². The molecule has 0 aliphatic rings. The first-order chi connectivity index (χ1) is 12.2. The van der Waals surface area contributed by atoms with Crippen LogP contribution in [0.2, 0.25) is 0 Å². The molecular weight excluding hydrogens is 322 g/mol. The molecule has 3 aromatic rings. The fourth-order valence-electron chi connectivity index (χ4n) is 2.87. The zero-order chi connectivity index (χ0) is 18.0. The van der Waals surface area contributed by atoms with E-state index in [2.05, 4.69) is 22.4 Å². The number of nitrogens with one attached hydrogen (secondary N) is 1. The Balaban J connectivity index is 2.35. The van der Waals surface area contributed by atoms with Crippen LogP contribution in [0.5, 0.6) is 17.2 Å². The smallest absolute Gasteiger partial charge is 0.205 e. The number of anilines is 1. The Morgan fingerprint density at radius 2 is 1.84 bits per heavy atom. The second kappa shape index (κ2) is 7.00. The first kappa shape index (κ1) is 17.1. The monoisotopic (exact) mass is 345 g/mol. The Morgan fingerprint density at radius 3 is 2.48 bits per heavy atom. The van der Waals surface area contributed by atoms with Crippen molar-refractivity contribution in [3.8, 4) is 17.2 Å². The molecule has 0 aliphatic heterocycles. The highest BCUT2D eigenvalue weighted by molar-refractivity contribution is 5.91. The van der Waals surface area contributed by atoms with E-state index < -0.39 is 0 Å². The SMILES string of the molecule is CCCCNc1nc2c(OC)c(OC)c(OC)cc2n2c(C)nnc12. The third kappa shape index (κ3) is 2.77. The lowest BCUT2D eigenvalue weighted by Gasteiger charge is -2.16. The molecule has 0 unspecified atom stereocenters. The van der Waals surface area contributed by atoms with Crippen molar-refractivity contribution in [1.29, 1.82) is 0 Å². The Morgan fingerprint density at radius 1 is 1.08 bits per heavy atom. The van der Waals surface area contributed by atoms with Crippen LogP contribution in [0.3, 0.4) is 0 Å². The summed E-state index contributed by atoms with van der Waals surface area (Å²) in [5.74, 6) is 3.03. The zero-order valence-electron chi connectivity index (χ0n) is 15.2. The van der Waals surface area contributed by atoms with E-state index in [4.69, 9.17) is 19.2 Å². The van der Waals surface area contributed by atoms with E-state index in [1.165, 1.54) is 0 Å². The summed E-state index contributed by atoms with van der Waals surface area (Å²) in [5.41, 5.74) is 2.14. The number of benzene rings is 1. The number of hydrogen-bond donors (Lipinski definition) is 1. The van der Waals surface area contributed by atoms with Gasteiger partial charge in [-0.05, 0) is 13.3 Å². The van der Waals surface area contributed by atoms with Gasteiger partial charge in [-0.25, -0.2) is 4.98 Å². The molecule has 8 nitrogen and oxygen atoms in total. The highest BCUT2D eigenvalue weighted by Gasteiger charge is 2.22. The summed E-state index contributed by atoms with van der Waals surface area (Å²) in [5, 5.41) is 11.8. The molecule has 0 saturated carbocycles. The van der Waals surface area contributed by atoms with E-state index in [0.29, 0.717) is 34.2 Å². The van der Waals surface area contributed by atoms with Gasteiger partial charge < -0.3 is 19.5 Å². The summed E-state index contributed by atoms with van der Waals surface area (Å²) in [4.78, 5) is 4.75. The van der Waals surface area contributed by atoms with E-state index in [1.54, 1.807) is 21.3 Å². The Kier molecular flexibility index (Phi) is 4.78. The van der Waals surface area contributed by atoms with Gasteiger partial charge in [-0.2, -0.15) is 0 Å².